The number of aromatic amines is 1. The molecule has 1 aliphatic heterocycles. The predicted octanol–water partition coefficient (Wildman–Crippen LogP) is 2.91. The van der Waals surface area contributed by atoms with Gasteiger partial charge in [-0.1, -0.05) is 0 Å². The second-order valence-electron chi connectivity index (χ2n) is 4.73. The Kier molecular flexibility index (Phi) is 2.67. The zero-order chi connectivity index (χ0) is 12.7. The van der Waals surface area contributed by atoms with Gasteiger partial charge < -0.3 is 9.72 Å². The van der Waals surface area contributed by atoms with E-state index in [1.807, 2.05) is 6.92 Å². The van der Waals surface area contributed by atoms with Crippen molar-refractivity contribution in [3.8, 4) is 0 Å². The van der Waals surface area contributed by atoms with Crippen LogP contribution in [0.3, 0.4) is 0 Å². The minimum absolute atomic E-state index is 0.0388. The van der Waals surface area contributed by atoms with E-state index in [2.05, 4.69) is 4.98 Å². The quantitative estimate of drug-likeness (QED) is 0.829. The Labute approximate surface area is 104 Å². The van der Waals surface area contributed by atoms with Crippen molar-refractivity contribution >= 4 is 16.7 Å². The summed E-state index contributed by atoms with van der Waals surface area (Å²) in [6.45, 7) is 2.53. The average Bonchev–Trinajstić information content (AvgIpc) is 2.94. The Morgan fingerprint density at radius 3 is 3.06 bits per heavy atom. The number of carbonyl (C=O) groups is 1. The third-order valence-electron chi connectivity index (χ3n) is 3.62. The van der Waals surface area contributed by atoms with E-state index in [4.69, 9.17) is 4.74 Å². The highest BCUT2D eigenvalue weighted by Gasteiger charge is 2.32. The van der Waals surface area contributed by atoms with Crippen LogP contribution in [0.15, 0.2) is 24.4 Å². The standard InChI is InChI=1S/C14H14FNO2/c1-8-10(4-5-18-8)14(17)12-7-16-13-3-2-9(15)6-11(12)13/h2-3,6-8,10,16H,4-5H2,1H3. The van der Waals surface area contributed by atoms with Gasteiger partial charge >= 0.3 is 0 Å². The average molecular weight is 247 g/mol. The fourth-order valence-electron chi connectivity index (χ4n) is 2.57. The van der Waals surface area contributed by atoms with Crippen LogP contribution >= 0.6 is 0 Å². The van der Waals surface area contributed by atoms with Gasteiger partial charge in [0, 0.05) is 29.3 Å². The Morgan fingerprint density at radius 2 is 2.33 bits per heavy atom. The lowest BCUT2D eigenvalue weighted by atomic mass is 9.92. The summed E-state index contributed by atoms with van der Waals surface area (Å²) >= 11 is 0. The maximum atomic E-state index is 13.3. The number of rotatable bonds is 2. The number of hydrogen-bond donors (Lipinski definition) is 1. The maximum absolute atomic E-state index is 13.3. The van der Waals surface area contributed by atoms with E-state index in [1.165, 1.54) is 12.1 Å². The first kappa shape index (κ1) is 11.4. The summed E-state index contributed by atoms with van der Waals surface area (Å²) in [6, 6.07) is 4.43. The maximum Gasteiger partial charge on any atom is 0.170 e. The van der Waals surface area contributed by atoms with Crippen LogP contribution in [0, 0.1) is 11.7 Å². The molecule has 94 valence electrons. The second-order valence-corrected chi connectivity index (χ2v) is 4.73. The molecular weight excluding hydrogens is 233 g/mol. The highest BCUT2D eigenvalue weighted by molar-refractivity contribution is 6.09. The summed E-state index contributed by atoms with van der Waals surface area (Å²) in [4.78, 5) is 15.4. The summed E-state index contributed by atoms with van der Waals surface area (Å²) in [5.41, 5.74) is 1.35. The van der Waals surface area contributed by atoms with Gasteiger partial charge in [0.15, 0.2) is 5.78 Å². The minimum Gasteiger partial charge on any atom is -0.378 e. The van der Waals surface area contributed by atoms with E-state index in [9.17, 15) is 9.18 Å². The lowest BCUT2D eigenvalue weighted by molar-refractivity contribution is 0.0766. The molecule has 1 aliphatic rings. The first-order chi connectivity index (χ1) is 8.66. The molecule has 2 unspecified atom stereocenters. The Bertz CT molecular complexity index is 605. The molecule has 4 heteroatoms. The molecule has 1 N–H and O–H groups in total. The number of nitrogens with one attached hydrogen (secondary N) is 1. The highest BCUT2D eigenvalue weighted by atomic mass is 19.1. The number of carbonyl (C=O) groups excluding carboxylic acids is 1. The van der Waals surface area contributed by atoms with E-state index < -0.39 is 0 Å². The molecule has 2 heterocycles. The number of Topliss-reactive ketones (excluding diaryl/α,β-unsaturated/α-hetero) is 1. The van der Waals surface area contributed by atoms with Gasteiger partial charge in [0.1, 0.15) is 5.82 Å². The molecule has 1 aromatic heterocycles. The molecule has 0 bridgehead atoms. The number of halogens is 1. The zero-order valence-corrected chi connectivity index (χ0v) is 10.1. The third-order valence-corrected chi connectivity index (χ3v) is 3.62. The number of ether oxygens (including phenoxy) is 1. The Morgan fingerprint density at radius 1 is 1.50 bits per heavy atom. The van der Waals surface area contributed by atoms with Gasteiger partial charge in [-0.2, -0.15) is 0 Å². The van der Waals surface area contributed by atoms with Crippen molar-refractivity contribution in [3.05, 3.63) is 35.8 Å². The van der Waals surface area contributed by atoms with Crippen molar-refractivity contribution in [2.45, 2.75) is 19.4 Å². The van der Waals surface area contributed by atoms with Crippen LogP contribution in [-0.2, 0) is 4.74 Å². The summed E-state index contributed by atoms with van der Waals surface area (Å²) in [7, 11) is 0. The van der Waals surface area contributed by atoms with Gasteiger partial charge in [-0.25, -0.2) is 4.39 Å². The number of benzene rings is 1. The number of ketones is 1. The molecule has 2 atom stereocenters. The van der Waals surface area contributed by atoms with Crippen molar-refractivity contribution in [3.63, 3.8) is 0 Å². The first-order valence-corrected chi connectivity index (χ1v) is 6.09. The molecule has 3 nitrogen and oxygen atoms in total. The van der Waals surface area contributed by atoms with Gasteiger partial charge in [-0.15, -0.1) is 0 Å². The fourth-order valence-corrected chi connectivity index (χ4v) is 2.57. The van der Waals surface area contributed by atoms with Crippen molar-refractivity contribution in [1.29, 1.82) is 0 Å². The van der Waals surface area contributed by atoms with Crippen LogP contribution in [-0.4, -0.2) is 23.5 Å². The number of hydrogen-bond acceptors (Lipinski definition) is 2. The van der Waals surface area contributed by atoms with Gasteiger partial charge in [-0.05, 0) is 31.5 Å². The lowest BCUT2D eigenvalue weighted by Crippen LogP contribution is -2.21. The minimum atomic E-state index is -0.327. The van der Waals surface area contributed by atoms with Crippen molar-refractivity contribution in [2.24, 2.45) is 5.92 Å². The first-order valence-electron chi connectivity index (χ1n) is 6.09. The summed E-state index contributed by atoms with van der Waals surface area (Å²) in [6.07, 6.45) is 2.34. The zero-order valence-electron chi connectivity index (χ0n) is 10.1. The van der Waals surface area contributed by atoms with Crippen molar-refractivity contribution in [2.75, 3.05) is 6.61 Å². The normalized spacial score (nSPS) is 23.7. The van der Waals surface area contributed by atoms with Gasteiger partial charge in [-0.3, -0.25) is 4.79 Å². The molecule has 1 aromatic carbocycles. The van der Waals surface area contributed by atoms with Crippen LogP contribution in [0.2, 0.25) is 0 Å². The van der Waals surface area contributed by atoms with Crippen LogP contribution in [0.4, 0.5) is 4.39 Å². The Balaban J connectivity index is 2.03. The highest BCUT2D eigenvalue weighted by Crippen LogP contribution is 2.28. The van der Waals surface area contributed by atoms with Gasteiger partial charge in [0.2, 0.25) is 0 Å². The molecule has 18 heavy (non-hydrogen) atoms. The number of H-pyrrole nitrogens is 1. The molecule has 0 amide bonds. The SMILES string of the molecule is CC1OCCC1C(=O)c1c[nH]c2ccc(F)cc12. The molecule has 0 spiro atoms. The topological polar surface area (TPSA) is 42.1 Å². The number of aromatic nitrogens is 1. The largest absolute Gasteiger partial charge is 0.378 e. The Hall–Kier alpha value is -1.68. The monoisotopic (exact) mass is 247 g/mol. The lowest BCUT2D eigenvalue weighted by Gasteiger charge is -2.11. The van der Waals surface area contributed by atoms with E-state index in [1.54, 1.807) is 12.3 Å². The molecule has 1 saturated heterocycles. The summed E-state index contributed by atoms with van der Waals surface area (Å²) < 4.78 is 18.7. The van der Waals surface area contributed by atoms with Crippen molar-refractivity contribution in [1.82, 2.24) is 4.98 Å². The molecule has 0 aliphatic carbocycles. The number of fused-ring (bicyclic) bond motifs is 1. The smallest absolute Gasteiger partial charge is 0.170 e. The molecule has 0 saturated carbocycles. The van der Waals surface area contributed by atoms with Crippen LogP contribution in [0.5, 0.6) is 0 Å². The van der Waals surface area contributed by atoms with Crippen LogP contribution in [0.25, 0.3) is 10.9 Å². The van der Waals surface area contributed by atoms with E-state index in [0.717, 1.165) is 11.9 Å². The molecule has 3 rings (SSSR count). The third kappa shape index (κ3) is 1.73. The molecular formula is C14H14FNO2. The van der Waals surface area contributed by atoms with E-state index >= 15 is 0 Å². The van der Waals surface area contributed by atoms with Gasteiger partial charge in [0.05, 0.1) is 12.0 Å². The second kappa shape index (κ2) is 4.21. The summed E-state index contributed by atoms with van der Waals surface area (Å²) in [5.74, 6) is -0.406. The molecule has 0 radical (unpaired) electrons. The van der Waals surface area contributed by atoms with E-state index in [-0.39, 0.29) is 23.6 Å². The van der Waals surface area contributed by atoms with Crippen LogP contribution < -0.4 is 0 Å². The molecule has 2 aromatic rings. The molecule has 1 fully saturated rings. The fraction of sp³-hybridized carbons (Fsp3) is 0.357. The van der Waals surface area contributed by atoms with Gasteiger partial charge in [0.25, 0.3) is 0 Å². The van der Waals surface area contributed by atoms with Crippen molar-refractivity contribution < 1.29 is 13.9 Å². The van der Waals surface area contributed by atoms with E-state index in [0.29, 0.717) is 17.6 Å². The summed E-state index contributed by atoms with van der Waals surface area (Å²) in [5, 5.41) is 0.652. The van der Waals surface area contributed by atoms with Crippen LogP contribution in [0.1, 0.15) is 23.7 Å². The predicted molar refractivity (Wildman–Crippen MR) is 66.1 cm³/mol.